The Balaban J connectivity index is 1.82. The maximum absolute atomic E-state index is 12.6. The number of carbonyl (C=O) groups is 2. The first-order valence-electron chi connectivity index (χ1n) is 8.07. The summed E-state index contributed by atoms with van der Waals surface area (Å²) in [7, 11) is 0. The molecule has 1 aliphatic rings. The second-order valence-corrected chi connectivity index (χ2v) is 6.22. The minimum atomic E-state index is -4.48. The van der Waals surface area contributed by atoms with E-state index < -0.39 is 17.8 Å². The van der Waals surface area contributed by atoms with Gasteiger partial charge in [-0.1, -0.05) is 0 Å². The number of nitrogens with two attached hydrogens (primary N) is 1. The van der Waals surface area contributed by atoms with E-state index in [9.17, 15) is 22.8 Å². The molecule has 2 heterocycles. The molecule has 1 atom stereocenters. The van der Waals surface area contributed by atoms with Crippen LogP contribution in [0.1, 0.15) is 24.2 Å². The molecule has 10 heteroatoms. The molecule has 2 amide bonds. The number of halogens is 3. The van der Waals surface area contributed by atoms with Crippen molar-refractivity contribution in [2.45, 2.75) is 32.5 Å². The molecule has 2 rings (SSSR count). The van der Waals surface area contributed by atoms with Gasteiger partial charge in [-0.3, -0.25) is 19.2 Å². The molecule has 3 N–H and O–H groups in total. The number of likely N-dealkylation sites (tertiary alicyclic amines) is 1. The van der Waals surface area contributed by atoms with Gasteiger partial charge in [-0.05, 0) is 32.4 Å². The van der Waals surface area contributed by atoms with Crippen molar-refractivity contribution in [3.8, 4) is 0 Å². The quantitative estimate of drug-likeness (QED) is 0.773. The fourth-order valence-electron chi connectivity index (χ4n) is 2.94. The van der Waals surface area contributed by atoms with E-state index in [1.54, 1.807) is 0 Å². The summed E-state index contributed by atoms with van der Waals surface area (Å²) in [6.45, 7) is 3.17. The minimum absolute atomic E-state index is 0.122. The Morgan fingerprint density at radius 3 is 2.76 bits per heavy atom. The highest BCUT2D eigenvalue weighted by Crippen LogP contribution is 2.28. The smallest absolute Gasteiger partial charge is 0.369 e. The zero-order valence-electron chi connectivity index (χ0n) is 14.0. The third-order valence-corrected chi connectivity index (χ3v) is 4.15. The van der Waals surface area contributed by atoms with Crippen molar-refractivity contribution >= 4 is 11.8 Å². The van der Waals surface area contributed by atoms with Gasteiger partial charge in [-0.2, -0.15) is 18.3 Å². The van der Waals surface area contributed by atoms with Gasteiger partial charge in [0.05, 0.1) is 19.0 Å². The summed E-state index contributed by atoms with van der Waals surface area (Å²) in [6.07, 6.45) is -2.98. The first-order valence-corrected chi connectivity index (χ1v) is 8.07. The normalized spacial score (nSPS) is 19.0. The van der Waals surface area contributed by atoms with E-state index in [4.69, 9.17) is 5.73 Å². The van der Waals surface area contributed by atoms with E-state index in [1.165, 1.54) is 11.6 Å². The van der Waals surface area contributed by atoms with E-state index >= 15 is 0 Å². The van der Waals surface area contributed by atoms with E-state index in [-0.39, 0.29) is 31.5 Å². The summed E-state index contributed by atoms with van der Waals surface area (Å²) >= 11 is 0. The van der Waals surface area contributed by atoms with Gasteiger partial charge in [-0.25, -0.2) is 0 Å². The fraction of sp³-hybridized carbons (Fsp3) is 0.667. The van der Waals surface area contributed by atoms with Gasteiger partial charge in [0.15, 0.2) is 5.69 Å². The number of nitrogens with zero attached hydrogens (tertiary/aromatic N) is 3. The van der Waals surface area contributed by atoms with E-state index in [0.717, 1.165) is 19.0 Å². The highest BCUT2D eigenvalue weighted by molar-refractivity contribution is 5.79. The van der Waals surface area contributed by atoms with Gasteiger partial charge < -0.3 is 11.1 Å². The SMILES string of the molecule is Cc1cc(C(F)(F)F)nn1CCNC(=O)C1CCCN(CC(N)=O)C1. The Labute approximate surface area is 143 Å². The van der Waals surface area contributed by atoms with Crippen LogP contribution in [0.25, 0.3) is 0 Å². The molecule has 1 aliphatic heterocycles. The van der Waals surface area contributed by atoms with Crippen LogP contribution in [0.15, 0.2) is 6.07 Å². The molecule has 0 aromatic carbocycles. The van der Waals surface area contributed by atoms with Crippen LogP contribution in [0.5, 0.6) is 0 Å². The first kappa shape index (κ1) is 19.2. The Kier molecular flexibility index (Phi) is 6.04. The zero-order chi connectivity index (χ0) is 18.6. The van der Waals surface area contributed by atoms with Crippen molar-refractivity contribution < 1.29 is 22.8 Å². The lowest BCUT2D eigenvalue weighted by Gasteiger charge is -2.30. The maximum Gasteiger partial charge on any atom is 0.435 e. The molecule has 0 bridgehead atoms. The number of hydrogen-bond acceptors (Lipinski definition) is 4. The van der Waals surface area contributed by atoms with Gasteiger partial charge in [0.1, 0.15) is 0 Å². The Hall–Kier alpha value is -2.10. The lowest BCUT2D eigenvalue weighted by molar-refractivity contribution is -0.141. The van der Waals surface area contributed by atoms with Gasteiger partial charge in [0.25, 0.3) is 0 Å². The van der Waals surface area contributed by atoms with E-state index in [2.05, 4.69) is 10.4 Å². The molecule has 1 aromatic heterocycles. The molecule has 0 saturated carbocycles. The number of amides is 2. The second kappa shape index (κ2) is 7.85. The first-order chi connectivity index (χ1) is 11.7. The van der Waals surface area contributed by atoms with Crippen LogP contribution in [-0.2, 0) is 22.3 Å². The molecule has 140 valence electrons. The van der Waals surface area contributed by atoms with Crippen molar-refractivity contribution in [3.63, 3.8) is 0 Å². The minimum Gasteiger partial charge on any atom is -0.369 e. The van der Waals surface area contributed by atoms with Crippen molar-refractivity contribution in [1.29, 1.82) is 0 Å². The highest BCUT2D eigenvalue weighted by atomic mass is 19.4. The van der Waals surface area contributed by atoms with Crippen LogP contribution >= 0.6 is 0 Å². The molecule has 0 spiro atoms. The summed E-state index contributed by atoms with van der Waals surface area (Å²) < 4.78 is 39.1. The van der Waals surface area contributed by atoms with E-state index in [1.807, 2.05) is 4.90 Å². The molecule has 7 nitrogen and oxygen atoms in total. The third kappa shape index (κ3) is 5.45. The summed E-state index contributed by atoms with van der Waals surface area (Å²) in [6, 6.07) is 0.977. The monoisotopic (exact) mass is 361 g/mol. The summed E-state index contributed by atoms with van der Waals surface area (Å²) in [5, 5.41) is 6.24. The van der Waals surface area contributed by atoms with Crippen molar-refractivity contribution in [2.24, 2.45) is 11.7 Å². The van der Waals surface area contributed by atoms with Gasteiger partial charge in [0.2, 0.25) is 11.8 Å². The van der Waals surface area contributed by atoms with Crippen molar-refractivity contribution in [1.82, 2.24) is 20.0 Å². The van der Waals surface area contributed by atoms with Crippen LogP contribution in [-0.4, -0.2) is 52.7 Å². The summed E-state index contributed by atoms with van der Waals surface area (Å²) in [4.78, 5) is 25.0. The molecule has 0 aliphatic carbocycles. The number of primary amides is 1. The topological polar surface area (TPSA) is 93.2 Å². The predicted octanol–water partition coefficient (Wildman–Crippen LogP) is 0.524. The van der Waals surface area contributed by atoms with Crippen molar-refractivity contribution in [2.75, 3.05) is 26.2 Å². The lowest BCUT2D eigenvalue weighted by atomic mass is 9.97. The molecule has 1 aromatic rings. The van der Waals surface area contributed by atoms with E-state index in [0.29, 0.717) is 18.7 Å². The number of aryl methyl sites for hydroxylation is 1. The largest absolute Gasteiger partial charge is 0.435 e. The van der Waals surface area contributed by atoms with Crippen molar-refractivity contribution in [3.05, 3.63) is 17.5 Å². The number of carbonyl (C=O) groups excluding carboxylic acids is 2. The number of piperidine rings is 1. The molecular formula is C15H22F3N5O2. The number of nitrogens with one attached hydrogen (secondary N) is 1. The summed E-state index contributed by atoms with van der Waals surface area (Å²) in [5.41, 5.74) is 4.61. The molecule has 0 radical (unpaired) electrons. The number of alkyl halides is 3. The second-order valence-electron chi connectivity index (χ2n) is 6.22. The Morgan fingerprint density at radius 2 is 2.16 bits per heavy atom. The van der Waals surface area contributed by atoms with Crippen LogP contribution in [0.3, 0.4) is 0 Å². The number of aromatic nitrogens is 2. The molecule has 25 heavy (non-hydrogen) atoms. The standard InChI is InChI=1S/C15H22F3N5O2/c1-10-7-12(15(16,17)18)21-23(10)6-4-20-14(25)11-3-2-5-22(8-11)9-13(19)24/h7,11H,2-6,8-9H2,1H3,(H2,19,24)(H,20,25). The van der Waals surface area contributed by atoms with Crippen LogP contribution < -0.4 is 11.1 Å². The molecule has 1 fully saturated rings. The fourth-order valence-corrected chi connectivity index (χ4v) is 2.94. The number of rotatable bonds is 6. The highest BCUT2D eigenvalue weighted by Gasteiger charge is 2.34. The molecular weight excluding hydrogens is 339 g/mol. The van der Waals surface area contributed by atoms with Gasteiger partial charge in [0, 0.05) is 18.8 Å². The van der Waals surface area contributed by atoms with Crippen LogP contribution in [0.4, 0.5) is 13.2 Å². The van der Waals surface area contributed by atoms with Crippen LogP contribution in [0, 0.1) is 12.8 Å². The Bertz CT molecular complexity index is 629. The van der Waals surface area contributed by atoms with Gasteiger partial charge >= 0.3 is 6.18 Å². The third-order valence-electron chi connectivity index (χ3n) is 4.15. The molecule has 1 unspecified atom stereocenters. The summed E-state index contributed by atoms with van der Waals surface area (Å²) in [5.74, 6) is -0.858. The van der Waals surface area contributed by atoms with Crippen LogP contribution in [0.2, 0.25) is 0 Å². The Morgan fingerprint density at radius 1 is 1.44 bits per heavy atom. The number of hydrogen-bond donors (Lipinski definition) is 2. The molecule has 1 saturated heterocycles. The average molecular weight is 361 g/mol. The predicted molar refractivity (Wildman–Crippen MR) is 83.3 cm³/mol. The lowest BCUT2D eigenvalue weighted by Crippen LogP contribution is -2.46. The zero-order valence-corrected chi connectivity index (χ0v) is 14.0. The average Bonchev–Trinajstić information content (AvgIpc) is 2.88. The maximum atomic E-state index is 12.6. The van der Waals surface area contributed by atoms with Gasteiger partial charge in [-0.15, -0.1) is 0 Å².